The van der Waals surface area contributed by atoms with Gasteiger partial charge in [-0.2, -0.15) is 0 Å². The first-order chi connectivity index (χ1) is 10.7. The molecule has 4 rings (SSSR count). The zero-order chi connectivity index (χ0) is 15.1. The molecule has 0 saturated carbocycles. The zero-order valence-corrected chi connectivity index (χ0v) is 12.5. The first-order valence-electron chi connectivity index (χ1n) is 7.13. The van der Waals surface area contributed by atoms with Crippen LogP contribution in [0.15, 0.2) is 72.8 Å². The van der Waals surface area contributed by atoms with Crippen molar-refractivity contribution in [3.05, 3.63) is 77.8 Å². The fourth-order valence-corrected chi connectivity index (χ4v) is 3.17. The van der Waals surface area contributed by atoms with Crippen LogP contribution in [0.4, 0.5) is 0 Å². The van der Waals surface area contributed by atoms with Crippen LogP contribution in [0.1, 0.15) is 0 Å². The van der Waals surface area contributed by atoms with Gasteiger partial charge in [0.25, 0.3) is 0 Å². The summed E-state index contributed by atoms with van der Waals surface area (Å²) in [6.45, 7) is 0. The molecule has 2 heteroatoms. The summed E-state index contributed by atoms with van der Waals surface area (Å²) in [5, 5.41) is 15.5. The number of hydrogen-bond acceptors (Lipinski definition) is 1. The highest BCUT2D eigenvalue weighted by Crippen LogP contribution is 2.39. The maximum Gasteiger partial charge on any atom is 0.123 e. The summed E-state index contributed by atoms with van der Waals surface area (Å²) in [4.78, 5) is 0. The summed E-state index contributed by atoms with van der Waals surface area (Å²) in [6, 6.07) is 23.7. The van der Waals surface area contributed by atoms with Crippen LogP contribution in [0.2, 0.25) is 5.02 Å². The van der Waals surface area contributed by atoms with Crippen LogP contribution in [-0.4, -0.2) is 5.11 Å². The summed E-state index contributed by atoms with van der Waals surface area (Å²) in [5.74, 6) is 0.277. The summed E-state index contributed by atoms with van der Waals surface area (Å²) in [5.41, 5.74) is 1.81. The molecule has 0 radical (unpaired) electrons. The van der Waals surface area contributed by atoms with Crippen molar-refractivity contribution in [2.75, 3.05) is 0 Å². The van der Waals surface area contributed by atoms with Gasteiger partial charge in [-0.05, 0) is 51.4 Å². The minimum Gasteiger partial charge on any atom is -0.507 e. The van der Waals surface area contributed by atoms with Crippen molar-refractivity contribution in [2.45, 2.75) is 0 Å². The lowest BCUT2D eigenvalue weighted by atomic mass is 9.93. The molecule has 22 heavy (non-hydrogen) atoms. The molecule has 0 aromatic heterocycles. The number of para-hydroxylation sites is 1. The highest BCUT2D eigenvalue weighted by Gasteiger charge is 2.11. The van der Waals surface area contributed by atoms with Gasteiger partial charge < -0.3 is 5.11 Å². The molecule has 0 aliphatic heterocycles. The highest BCUT2D eigenvalue weighted by atomic mass is 35.5. The van der Waals surface area contributed by atoms with Crippen molar-refractivity contribution < 1.29 is 5.11 Å². The van der Waals surface area contributed by atoms with E-state index in [4.69, 9.17) is 11.6 Å². The Morgan fingerprint density at radius 1 is 0.636 bits per heavy atom. The van der Waals surface area contributed by atoms with E-state index >= 15 is 0 Å². The Morgan fingerprint density at radius 3 is 2.27 bits per heavy atom. The third kappa shape index (κ3) is 2.02. The van der Waals surface area contributed by atoms with Crippen LogP contribution in [0.5, 0.6) is 5.75 Å². The van der Waals surface area contributed by atoms with Gasteiger partial charge in [-0.25, -0.2) is 0 Å². The first-order valence-corrected chi connectivity index (χ1v) is 7.51. The van der Waals surface area contributed by atoms with Crippen molar-refractivity contribution in [1.82, 2.24) is 0 Å². The number of rotatable bonds is 1. The fourth-order valence-electron chi connectivity index (χ4n) is 3.00. The molecular weight excluding hydrogens is 292 g/mol. The van der Waals surface area contributed by atoms with E-state index in [1.165, 1.54) is 5.39 Å². The van der Waals surface area contributed by atoms with Crippen LogP contribution in [0.25, 0.3) is 32.7 Å². The van der Waals surface area contributed by atoms with E-state index in [0.29, 0.717) is 5.02 Å². The van der Waals surface area contributed by atoms with Crippen LogP contribution >= 0.6 is 11.6 Å². The monoisotopic (exact) mass is 304 g/mol. The Kier molecular flexibility index (Phi) is 3.02. The normalized spacial score (nSPS) is 11.1. The molecule has 1 nitrogen and oxygen atoms in total. The van der Waals surface area contributed by atoms with E-state index < -0.39 is 0 Å². The Morgan fingerprint density at radius 2 is 1.41 bits per heavy atom. The predicted octanol–water partition coefficient (Wildman–Crippen LogP) is 6.02. The van der Waals surface area contributed by atoms with Crippen molar-refractivity contribution in [2.24, 2.45) is 0 Å². The molecule has 0 heterocycles. The minimum atomic E-state index is 0.277. The Bertz CT molecular complexity index is 1000. The van der Waals surface area contributed by atoms with Gasteiger partial charge in [0.05, 0.1) is 0 Å². The van der Waals surface area contributed by atoms with Crippen LogP contribution in [-0.2, 0) is 0 Å². The fraction of sp³-hybridized carbons (Fsp3) is 0. The number of benzene rings is 4. The molecule has 0 aliphatic carbocycles. The molecule has 1 N–H and O–H groups in total. The number of phenols is 1. The van der Waals surface area contributed by atoms with E-state index in [-0.39, 0.29) is 5.75 Å². The van der Waals surface area contributed by atoms with E-state index in [2.05, 4.69) is 18.2 Å². The largest absolute Gasteiger partial charge is 0.507 e. The molecule has 0 atom stereocenters. The third-order valence-corrected chi connectivity index (χ3v) is 4.25. The summed E-state index contributed by atoms with van der Waals surface area (Å²) in [7, 11) is 0. The molecule has 0 amide bonds. The average Bonchev–Trinajstić information content (AvgIpc) is 2.54. The van der Waals surface area contributed by atoms with Gasteiger partial charge in [0.1, 0.15) is 5.75 Å². The lowest BCUT2D eigenvalue weighted by molar-refractivity contribution is 0.477. The second kappa shape index (κ2) is 5.04. The van der Waals surface area contributed by atoms with Crippen molar-refractivity contribution in [1.29, 1.82) is 0 Å². The highest BCUT2D eigenvalue weighted by molar-refractivity contribution is 6.32. The van der Waals surface area contributed by atoms with Gasteiger partial charge in [0.2, 0.25) is 0 Å². The molecule has 0 bridgehead atoms. The van der Waals surface area contributed by atoms with E-state index in [1.54, 1.807) is 6.07 Å². The maximum atomic E-state index is 10.2. The van der Waals surface area contributed by atoms with Crippen molar-refractivity contribution >= 4 is 33.1 Å². The minimum absolute atomic E-state index is 0.277. The second-order valence-corrected chi connectivity index (χ2v) is 5.79. The molecule has 106 valence electrons. The first kappa shape index (κ1) is 13.2. The maximum absolute atomic E-state index is 10.2. The molecule has 4 aromatic rings. The van der Waals surface area contributed by atoms with Crippen LogP contribution in [0, 0.1) is 0 Å². The van der Waals surface area contributed by atoms with E-state index in [0.717, 1.165) is 27.3 Å². The SMILES string of the molecule is Oc1ccccc1-c1cc2ccccc2c2ccc(Cl)cc12. The Labute approximate surface area is 133 Å². The second-order valence-electron chi connectivity index (χ2n) is 5.35. The molecular formula is C20H13ClO. The van der Waals surface area contributed by atoms with Crippen molar-refractivity contribution in [3.8, 4) is 16.9 Å². The average molecular weight is 305 g/mol. The lowest BCUT2D eigenvalue weighted by Gasteiger charge is -2.12. The number of aromatic hydroxyl groups is 1. The zero-order valence-electron chi connectivity index (χ0n) is 11.8. The van der Waals surface area contributed by atoms with Gasteiger partial charge in [-0.3, -0.25) is 0 Å². The summed E-state index contributed by atoms with van der Waals surface area (Å²) in [6.07, 6.45) is 0. The quantitative estimate of drug-likeness (QED) is 0.426. The molecule has 0 spiro atoms. The number of halogens is 1. The third-order valence-electron chi connectivity index (χ3n) is 4.02. The van der Waals surface area contributed by atoms with Crippen molar-refractivity contribution in [3.63, 3.8) is 0 Å². The Balaban J connectivity index is 2.21. The molecule has 0 fully saturated rings. The Hall–Kier alpha value is -2.51. The topological polar surface area (TPSA) is 20.2 Å². The van der Waals surface area contributed by atoms with Gasteiger partial charge in [-0.15, -0.1) is 0 Å². The van der Waals surface area contributed by atoms with Crippen LogP contribution in [0.3, 0.4) is 0 Å². The van der Waals surface area contributed by atoms with Gasteiger partial charge in [-0.1, -0.05) is 60.1 Å². The molecule has 4 aromatic carbocycles. The summed E-state index contributed by atoms with van der Waals surface area (Å²) >= 11 is 6.21. The number of hydrogen-bond donors (Lipinski definition) is 1. The number of fused-ring (bicyclic) bond motifs is 3. The van der Waals surface area contributed by atoms with Gasteiger partial charge >= 0.3 is 0 Å². The molecule has 0 saturated heterocycles. The van der Waals surface area contributed by atoms with E-state index in [1.807, 2.05) is 48.5 Å². The van der Waals surface area contributed by atoms with E-state index in [9.17, 15) is 5.11 Å². The smallest absolute Gasteiger partial charge is 0.123 e. The molecule has 0 unspecified atom stereocenters. The molecule has 0 aliphatic rings. The predicted molar refractivity (Wildman–Crippen MR) is 93.6 cm³/mol. The van der Waals surface area contributed by atoms with Gasteiger partial charge in [0.15, 0.2) is 0 Å². The standard InChI is InChI=1S/C20H13ClO/c21-14-9-10-16-15-6-2-1-5-13(15)11-18(19(16)12-14)17-7-3-4-8-20(17)22/h1-12,22H. The summed E-state index contributed by atoms with van der Waals surface area (Å²) < 4.78 is 0. The number of phenolic OH excluding ortho intramolecular Hbond substituents is 1. The lowest BCUT2D eigenvalue weighted by Crippen LogP contribution is -1.85. The van der Waals surface area contributed by atoms with Crippen LogP contribution < -0.4 is 0 Å². The van der Waals surface area contributed by atoms with Gasteiger partial charge in [0, 0.05) is 10.6 Å².